The van der Waals surface area contributed by atoms with Crippen molar-refractivity contribution in [2.75, 3.05) is 38.0 Å². The van der Waals surface area contributed by atoms with Crippen molar-refractivity contribution in [3.05, 3.63) is 29.8 Å². The third-order valence-electron chi connectivity index (χ3n) is 5.64. The van der Waals surface area contributed by atoms with Gasteiger partial charge in [-0.2, -0.15) is 0 Å². The number of amides is 1. The molecule has 1 aromatic rings. The number of carbonyl (C=O) groups is 1. The van der Waals surface area contributed by atoms with Crippen LogP contribution in [0.5, 0.6) is 0 Å². The van der Waals surface area contributed by atoms with E-state index in [9.17, 15) is 4.79 Å². The molecule has 0 aliphatic carbocycles. The Bertz CT molecular complexity index is 527. The van der Waals surface area contributed by atoms with Crippen LogP contribution in [0.3, 0.4) is 0 Å². The minimum absolute atomic E-state index is 0. The summed E-state index contributed by atoms with van der Waals surface area (Å²) in [6.45, 7) is 5.87. The van der Waals surface area contributed by atoms with Crippen LogP contribution >= 0.6 is 24.8 Å². The van der Waals surface area contributed by atoms with E-state index in [0.717, 1.165) is 38.2 Å². The third-order valence-corrected chi connectivity index (χ3v) is 5.64. The molecule has 2 aliphatic heterocycles. The van der Waals surface area contributed by atoms with Gasteiger partial charge in [-0.05, 0) is 88.3 Å². The first-order chi connectivity index (χ1) is 12.3. The van der Waals surface area contributed by atoms with Crippen LogP contribution in [0.2, 0.25) is 0 Å². The average Bonchev–Trinajstić information content (AvgIpc) is 2.67. The van der Waals surface area contributed by atoms with Gasteiger partial charge in [0.1, 0.15) is 0 Å². The highest BCUT2D eigenvalue weighted by Gasteiger charge is 2.14. The van der Waals surface area contributed by atoms with E-state index in [1.54, 1.807) is 0 Å². The highest BCUT2D eigenvalue weighted by atomic mass is 35.5. The van der Waals surface area contributed by atoms with E-state index in [2.05, 4.69) is 27.7 Å². The first-order valence-electron chi connectivity index (χ1n) is 10.1. The number of halogens is 2. The molecule has 0 atom stereocenters. The molecular formula is C21H35Cl2N3O. The summed E-state index contributed by atoms with van der Waals surface area (Å²) in [5.41, 5.74) is 2.29. The Morgan fingerprint density at radius 2 is 1.70 bits per heavy atom. The van der Waals surface area contributed by atoms with Crippen LogP contribution in [0.1, 0.15) is 50.5 Å². The first-order valence-corrected chi connectivity index (χ1v) is 10.1. The van der Waals surface area contributed by atoms with Gasteiger partial charge in [-0.15, -0.1) is 24.8 Å². The van der Waals surface area contributed by atoms with E-state index in [1.807, 2.05) is 12.1 Å². The minimum atomic E-state index is 0. The van der Waals surface area contributed by atoms with Gasteiger partial charge in [0.05, 0.1) is 0 Å². The number of nitrogens with one attached hydrogen (secondary N) is 2. The van der Waals surface area contributed by atoms with Crippen molar-refractivity contribution in [3.63, 3.8) is 0 Å². The molecule has 2 aliphatic rings. The molecule has 1 aromatic carbocycles. The largest absolute Gasteiger partial charge is 0.326 e. The number of carbonyl (C=O) groups excluding carboxylic acids is 1. The number of anilines is 1. The Morgan fingerprint density at radius 3 is 2.37 bits per heavy atom. The Hall–Kier alpha value is -0.810. The lowest BCUT2D eigenvalue weighted by Crippen LogP contribution is -2.31. The summed E-state index contributed by atoms with van der Waals surface area (Å²) >= 11 is 0. The molecule has 4 nitrogen and oxygen atoms in total. The Balaban J connectivity index is 0.00000182. The predicted molar refractivity (Wildman–Crippen MR) is 118 cm³/mol. The number of piperidine rings is 2. The monoisotopic (exact) mass is 415 g/mol. The van der Waals surface area contributed by atoms with Crippen molar-refractivity contribution in [2.24, 2.45) is 5.92 Å². The van der Waals surface area contributed by atoms with Crippen LogP contribution in [0.25, 0.3) is 0 Å². The third kappa shape index (κ3) is 8.82. The summed E-state index contributed by atoms with van der Waals surface area (Å²) < 4.78 is 0. The molecule has 0 bridgehead atoms. The second-order valence-corrected chi connectivity index (χ2v) is 7.63. The molecule has 1 amide bonds. The zero-order chi connectivity index (χ0) is 17.3. The van der Waals surface area contributed by atoms with Crippen LogP contribution in [0.4, 0.5) is 5.69 Å². The molecule has 27 heavy (non-hydrogen) atoms. The van der Waals surface area contributed by atoms with Crippen molar-refractivity contribution in [2.45, 2.75) is 51.4 Å². The lowest BCUT2D eigenvalue weighted by atomic mass is 9.93. The summed E-state index contributed by atoms with van der Waals surface area (Å²) in [4.78, 5) is 14.7. The van der Waals surface area contributed by atoms with E-state index < -0.39 is 0 Å². The molecule has 6 heteroatoms. The summed E-state index contributed by atoms with van der Waals surface area (Å²) in [5, 5.41) is 6.42. The molecule has 2 N–H and O–H groups in total. The maximum atomic E-state index is 12.1. The maximum absolute atomic E-state index is 12.1. The summed E-state index contributed by atoms with van der Waals surface area (Å²) in [6.07, 6.45) is 9.26. The van der Waals surface area contributed by atoms with Crippen molar-refractivity contribution >= 4 is 36.4 Å². The molecule has 2 fully saturated rings. The van der Waals surface area contributed by atoms with Gasteiger partial charge in [0, 0.05) is 18.7 Å². The zero-order valence-corrected chi connectivity index (χ0v) is 17.9. The zero-order valence-electron chi connectivity index (χ0n) is 16.3. The minimum Gasteiger partial charge on any atom is -0.326 e. The van der Waals surface area contributed by atoms with Crippen molar-refractivity contribution in [3.8, 4) is 0 Å². The smallest absolute Gasteiger partial charge is 0.224 e. The summed E-state index contributed by atoms with van der Waals surface area (Å²) in [5.74, 6) is 0.865. The molecule has 0 radical (unpaired) electrons. The van der Waals surface area contributed by atoms with E-state index in [-0.39, 0.29) is 30.7 Å². The molecule has 2 saturated heterocycles. The summed E-state index contributed by atoms with van der Waals surface area (Å²) in [6, 6.07) is 8.42. The SMILES string of the molecule is Cl.Cl.O=C(CCC1CCNCC1)Nc1ccc(CCN2CCCCC2)cc1. The summed E-state index contributed by atoms with van der Waals surface area (Å²) in [7, 11) is 0. The lowest BCUT2D eigenvalue weighted by Gasteiger charge is -2.26. The fourth-order valence-corrected chi connectivity index (χ4v) is 3.95. The molecule has 3 rings (SSSR count). The van der Waals surface area contributed by atoms with E-state index in [4.69, 9.17) is 0 Å². The van der Waals surface area contributed by atoms with Gasteiger partial charge in [-0.3, -0.25) is 4.79 Å². The van der Waals surface area contributed by atoms with Crippen LogP contribution in [0.15, 0.2) is 24.3 Å². The van der Waals surface area contributed by atoms with Gasteiger partial charge in [0.15, 0.2) is 0 Å². The molecule has 0 aromatic heterocycles. The van der Waals surface area contributed by atoms with E-state index >= 15 is 0 Å². The number of hydrogen-bond acceptors (Lipinski definition) is 3. The van der Waals surface area contributed by atoms with Gasteiger partial charge in [0.2, 0.25) is 5.91 Å². The molecule has 154 valence electrons. The molecule has 0 unspecified atom stereocenters. The first kappa shape index (κ1) is 24.2. The van der Waals surface area contributed by atoms with Gasteiger partial charge < -0.3 is 15.5 Å². The Kier molecular flexibility index (Phi) is 12.0. The fraction of sp³-hybridized carbons (Fsp3) is 0.667. The van der Waals surface area contributed by atoms with Gasteiger partial charge in [0.25, 0.3) is 0 Å². The van der Waals surface area contributed by atoms with Crippen LogP contribution in [0, 0.1) is 5.92 Å². The van der Waals surface area contributed by atoms with Gasteiger partial charge in [-0.25, -0.2) is 0 Å². The highest BCUT2D eigenvalue weighted by molar-refractivity contribution is 5.90. The number of likely N-dealkylation sites (tertiary alicyclic amines) is 1. The number of rotatable bonds is 7. The van der Waals surface area contributed by atoms with Crippen LogP contribution < -0.4 is 10.6 Å². The van der Waals surface area contributed by atoms with Gasteiger partial charge in [-0.1, -0.05) is 18.6 Å². The maximum Gasteiger partial charge on any atom is 0.224 e. The Morgan fingerprint density at radius 1 is 1.04 bits per heavy atom. The fourth-order valence-electron chi connectivity index (χ4n) is 3.95. The quantitative estimate of drug-likeness (QED) is 0.698. The van der Waals surface area contributed by atoms with E-state index in [0.29, 0.717) is 12.3 Å². The van der Waals surface area contributed by atoms with Gasteiger partial charge >= 0.3 is 0 Å². The lowest BCUT2D eigenvalue weighted by molar-refractivity contribution is -0.116. The van der Waals surface area contributed by atoms with Crippen LogP contribution in [-0.4, -0.2) is 43.5 Å². The van der Waals surface area contributed by atoms with Crippen LogP contribution in [-0.2, 0) is 11.2 Å². The van der Waals surface area contributed by atoms with Crippen molar-refractivity contribution in [1.82, 2.24) is 10.2 Å². The van der Waals surface area contributed by atoms with Crippen molar-refractivity contribution in [1.29, 1.82) is 0 Å². The average molecular weight is 416 g/mol. The van der Waals surface area contributed by atoms with Crippen molar-refractivity contribution < 1.29 is 4.79 Å². The second-order valence-electron chi connectivity index (χ2n) is 7.63. The Labute approximate surface area is 176 Å². The highest BCUT2D eigenvalue weighted by Crippen LogP contribution is 2.18. The topological polar surface area (TPSA) is 44.4 Å². The standard InChI is InChI=1S/C21H33N3O.2ClH/c25-21(9-6-19-10-13-22-14-11-19)23-20-7-4-18(5-8-20)12-17-24-15-2-1-3-16-24;;/h4-5,7-8,19,22H,1-3,6,9-17H2,(H,23,25);2*1H. The number of nitrogens with zero attached hydrogens (tertiary/aromatic N) is 1. The predicted octanol–water partition coefficient (Wildman–Crippen LogP) is 4.28. The number of hydrogen-bond donors (Lipinski definition) is 2. The van der Waals surface area contributed by atoms with E-state index in [1.165, 1.54) is 50.8 Å². The molecule has 0 spiro atoms. The number of benzene rings is 1. The normalized spacial score (nSPS) is 18.2. The molecular weight excluding hydrogens is 381 g/mol. The second kappa shape index (κ2) is 13.4. The molecule has 2 heterocycles. The molecule has 0 saturated carbocycles.